The molecule has 1 aliphatic rings. The Morgan fingerprint density at radius 1 is 0.875 bits per heavy atom. The molecule has 32 heavy (non-hydrogen) atoms. The topological polar surface area (TPSA) is 37.7 Å². The molecule has 0 bridgehead atoms. The number of aromatic nitrogens is 1. The summed E-state index contributed by atoms with van der Waals surface area (Å²) in [5.41, 5.74) is 4.55. The zero-order chi connectivity index (χ0) is 22.1. The minimum Gasteiger partial charge on any atom is -0.496 e. The molecule has 4 aromatic rings. The van der Waals surface area contributed by atoms with Gasteiger partial charge in [-0.25, -0.2) is 0 Å². The number of para-hydroxylation sites is 2. The summed E-state index contributed by atoms with van der Waals surface area (Å²) < 4.78 is 7.76. The average molecular weight is 428 g/mol. The Kier molecular flexibility index (Phi) is 5.58. The van der Waals surface area contributed by atoms with Gasteiger partial charge in [-0.1, -0.05) is 36.4 Å². The standard InChI is InChI=1S/C27H29N3O2/c1-3-30-24-10-6-4-8-21(24)23-18-20(12-13-25(23)30)19-28-14-16-29(17-15-28)27(31)22-9-5-7-11-26(22)32-2/h4-13,18H,3,14-17,19H2,1-2H3. The maximum absolute atomic E-state index is 13.0. The van der Waals surface area contributed by atoms with Gasteiger partial charge in [-0.15, -0.1) is 0 Å². The lowest BCUT2D eigenvalue weighted by Gasteiger charge is -2.35. The second-order valence-corrected chi connectivity index (χ2v) is 8.38. The van der Waals surface area contributed by atoms with Crippen LogP contribution in [-0.4, -0.2) is 53.6 Å². The van der Waals surface area contributed by atoms with Crippen LogP contribution in [0.15, 0.2) is 66.7 Å². The number of amides is 1. The van der Waals surface area contributed by atoms with Gasteiger partial charge < -0.3 is 14.2 Å². The second kappa shape index (κ2) is 8.67. The van der Waals surface area contributed by atoms with Crippen LogP contribution in [0.25, 0.3) is 21.8 Å². The average Bonchev–Trinajstić information content (AvgIpc) is 3.17. The Balaban J connectivity index is 1.30. The van der Waals surface area contributed by atoms with E-state index in [9.17, 15) is 4.79 Å². The summed E-state index contributed by atoms with van der Waals surface area (Å²) in [7, 11) is 1.61. The van der Waals surface area contributed by atoms with E-state index < -0.39 is 0 Å². The van der Waals surface area contributed by atoms with Gasteiger partial charge in [0.1, 0.15) is 5.75 Å². The van der Waals surface area contributed by atoms with Crippen LogP contribution < -0.4 is 4.74 Å². The molecule has 0 unspecified atom stereocenters. The molecule has 1 aliphatic heterocycles. The molecular formula is C27H29N3O2. The van der Waals surface area contributed by atoms with Gasteiger partial charge in [-0.05, 0) is 42.8 Å². The Morgan fingerprint density at radius 3 is 2.38 bits per heavy atom. The first kappa shape index (κ1) is 20.6. The SMILES string of the molecule is CCn1c2ccccc2c2cc(CN3CCN(C(=O)c4ccccc4OC)CC3)ccc21. The fraction of sp³-hybridized carbons (Fsp3) is 0.296. The number of hydrogen-bond acceptors (Lipinski definition) is 3. The van der Waals surface area contributed by atoms with Gasteiger partial charge in [-0.3, -0.25) is 9.69 Å². The molecule has 5 nitrogen and oxygen atoms in total. The van der Waals surface area contributed by atoms with E-state index in [2.05, 4.69) is 58.9 Å². The number of hydrogen-bond donors (Lipinski definition) is 0. The molecule has 0 radical (unpaired) electrons. The highest BCUT2D eigenvalue weighted by atomic mass is 16.5. The third-order valence-corrected chi connectivity index (χ3v) is 6.56. The van der Waals surface area contributed by atoms with E-state index in [0.29, 0.717) is 11.3 Å². The normalized spacial score (nSPS) is 14.9. The van der Waals surface area contributed by atoms with Crippen LogP contribution in [0.5, 0.6) is 5.75 Å². The van der Waals surface area contributed by atoms with E-state index in [1.807, 2.05) is 29.2 Å². The Labute approximate surface area is 188 Å². The maximum atomic E-state index is 13.0. The van der Waals surface area contributed by atoms with Crippen molar-refractivity contribution in [2.75, 3.05) is 33.3 Å². The van der Waals surface area contributed by atoms with Gasteiger partial charge in [0.25, 0.3) is 5.91 Å². The number of ether oxygens (including phenoxy) is 1. The number of aryl methyl sites for hydroxylation is 1. The lowest BCUT2D eigenvalue weighted by molar-refractivity contribution is 0.0625. The van der Waals surface area contributed by atoms with Gasteiger partial charge in [0.2, 0.25) is 0 Å². The third kappa shape index (κ3) is 3.63. The Morgan fingerprint density at radius 2 is 1.59 bits per heavy atom. The van der Waals surface area contributed by atoms with Crippen LogP contribution in [0.3, 0.4) is 0 Å². The van der Waals surface area contributed by atoms with Crippen molar-refractivity contribution in [2.24, 2.45) is 0 Å². The Bertz CT molecular complexity index is 1270. The van der Waals surface area contributed by atoms with Crippen molar-refractivity contribution in [3.8, 4) is 5.75 Å². The number of methoxy groups -OCH3 is 1. The van der Waals surface area contributed by atoms with E-state index >= 15 is 0 Å². The van der Waals surface area contributed by atoms with Crippen molar-refractivity contribution in [3.05, 3.63) is 77.9 Å². The first-order chi connectivity index (χ1) is 15.7. The highest BCUT2D eigenvalue weighted by molar-refractivity contribution is 6.08. The minimum atomic E-state index is 0.0518. The van der Waals surface area contributed by atoms with Crippen LogP contribution in [0.1, 0.15) is 22.8 Å². The minimum absolute atomic E-state index is 0.0518. The fourth-order valence-corrected chi connectivity index (χ4v) is 4.90. The molecule has 0 atom stereocenters. The summed E-state index contributed by atoms with van der Waals surface area (Å²) in [5, 5.41) is 2.64. The van der Waals surface area contributed by atoms with Crippen molar-refractivity contribution in [3.63, 3.8) is 0 Å². The molecule has 0 spiro atoms. The van der Waals surface area contributed by atoms with Crippen LogP contribution in [0.4, 0.5) is 0 Å². The summed E-state index contributed by atoms with van der Waals surface area (Å²) in [6, 6.07) is 23.0. The molecule has 0 saturated carbocycles. The van der Waals surface area contributed by atoms with Crippen LogP contribution in [-0.2, 0) is 13.1 Å². The molecule has 0 aliphatic carbocycles. The molecule has 5 rings (SSSR count). The van der Waals surface area contributed by atoms with E-state index in [-0.39, 0.29) is 5.91 Å². The number of rotatable bonds is 5. The molecule has 164 valence electrons. The van der Waals surface area contributed by atoms with Crippen molar-refractivity contribution in [2.45, 2.75) is 20.0 Å². The lowest BCUT2D eigenvalue weighted by atomic mass is 10.1. The van der Waals surface area contributed by atoms with E-state index in [1.165, 1.54) is 27.4 Å². The summed E-state index contributed by atoms with van der Waals surface area (Å²) in [6.45, 7) is 7.27. The first-order valence-electron chi connectivity index (χ1n) is 11.3. The third-order valence-electron chi connectivity index (χ3n) is 6.56. The van der Waals surface area contributed by atoms with Crippen molar-refractivity contribution in [1.29, 1.82) is 0 Å². The van der Waals surface area contributed by atoms with E-state index in [1.54, 1.807) is 7.11 Å². The van der Waals surface area contributed by atoms with Gasteiger partial charge in [0.15, 0.2) is 0 Å². The number of nitrogens with zero attached hydrogens (tertiary/aromatic N) is 3. The summed E-state index contributed by atoms with van der Waals surface area (Å²) in [6.07, 6.45) is 0. The lowest BCUT2D eigenvalue weighted by Crippen LogP contribution is -2.48. The molecule has 1 amide bonds. The monoisotopic (exact) mass is 427 g/mol. The maximum Gasteiger partial charge on any atom is 0.257 e. The summed E-state index contributed by atoms with van der Waals surface area (Å²) in [4.78, 5) is 17.3. The fourth-order valence-electron chi connectivity index (χ4n) is 4.90. The first-order valence-corrected chi connectivity index (χ1v) is 11.3. The summed E-state index contributed by atoms with van der Waals surface area (Å²) in [5.74, 6) is 0.690. The molecule has 0 N–H and O–H groups in total. The molecule has 1 fully saturated rings. The molecule has 2 heterocycles. The molecule has 5 heteroatoms. The number of fused-ring (bicyclic) bond motifs is 3. The smallest absolute Gasteiger partial charge is 0.257 e. The largest absolute Gasteiger partial charge is 0.496 e. The number of benzene rings is 3. The summed E-state index contributed by atoms with van der Waals surface area (Å²) >= 11 is 0. The molecule has 1 saturated heterocycles. The van der Waals surface area contributed by atoms with Crippen molar-refractivity contribution < 1.29 is 9.53 Å². The zero-order valence-corrected chi connectivity index (χ0v) is 18.8. The number of carbonyl (C=O) groups is 1. The van der Waals surface area contributed by atoms with E-state index in [0.717, 1.165) is 39.3 Å². The highest BCUT2D eigenvalue weighted by Crippen LogP contribution is 2.30. The van der Waals surface area contributed by atoms with Gasteiger partial charge >= 0.3 is 0 Å². The predicted molar refractivity (Wildman–Crippen MR) is 129 cm³/mol. The van der Waals surface area contributed by atoms with E-state index in [4.69, 9.17) is 4.74 Å². The quantitative estimate of drug-likeness (QED) is 0.460. The van der Waals surface area contributed by atoms with Crippen LogP contribution >= 0.6 is 0 Å². The second-order valence-electron chi connectivity index (χ2n) is 8.38. The molecule has 1 aromatic heterocycles. The number of carbonyl (C=O) groups excluding carboxylic acids is 1. The molecular weight excluding hydrogens is 398 g/mol. The highest BCUT2D eigenvalue weighted by Gasteiger charge is 2.24. The van der Waals surface area contributed by atoms with Crippen molar-refractivity contribution >= 4 is 27.7 Å². The van der Waals surface area contributed by atoms with Crippen LogP contribution in [0, 0.1) is 0 Å². The zero-order valence-electron chi connectivity index (χ0n) is 18.8. The predicted octanol–water partition coefficient (Wildman–Crippen LogP) is 4.78. The van der Waals surface area contributed by atoms with Gasteiger partial charge in [0.05, 0.1) is 12.7 Å². The van der Waals surface area contributed by atoms with Crippen molar-refractivity contribution in [1.82, 2.24) is 14.4 Å². The van der Waals surface area contributed by atoms with Gasteiger partial charge in [-0.2, -0.15) is 0 Å². The number of piperazine rings is 1. The Hall–Kier alpha value is -3.31. The van der Waals surface area contributed by atoms with Gasteiger partial charge in [0, 0.05) is 61.1 Å². The molecule has 3 aromatic carbocycles. The van der Waals surface area contributed by atoms with Crippen LogP contribution in [0.2, 0.25) is 0 Å².